The van der Waals surface area contributed by atoms with Crippen molar-refractivity contribution in [2.24, 2.45) is 5.41 Å². The quantitative estimate of drug-likeness (QED) is 0.728. The van der Waals surface area contributed by atoms with Gasteiger partial charge >= 0.3 is 5.97 Å². The van der Waals surface area contributed by atoms with Gasteiger partial charge in [0.1, 0.15) is 0 Å². The van der Waals surface area contributed by atoms with Gasteiger partial charge in [-0.25, -0.2) is 8.42 Å². The van der Waals surface area contributed by atoms with E-state index >= 15 is 0 Å². The number of carbonyl (C=O) groups is 1. The molecular weight excluding hydrogens is 228 g/mol. The zero-order chi connectivity index (χ0) is 12.2. The second kappa shape index (κ2) is 5.17. The lowest BCUT2D eigenvalue weighted by Crippen LogP contribution is -2.32. The van der Waals surface area contributed by atoms with Gasteiger partial charge in [0.2, 0.25) is 0 Å². The van der Waals surface area contributed by atoms with Crippen molar-refractivity contribution in [2.45, 2.75) is 45.4 Å². The second-order valence-electron chi connectivity index (χ2n) is 4.74. The Hall–Kier alpha value is -0.580. The normalized spacial score (nSPS) is 28.1. The summed E-state index contributed by atoms with van der Waals surface area (Å²) in [7, 11) is -3.12. The highest BCUT2D eigenvalue weighted by Crippen LogP contribution is 2.37. The molecule has 16 heavy (non-hydrogen) atoms. The van der Waals surface area contributed by atoms with Crippen molar-refractivity contribution >= 4 is 15.8 Å². The average molecular weight is 248 g/mol. The fourth-order valence-electron chi connectivity index (χ4n) is 2.28. The van der Waals surface area contributed by atoms with Crippen molar-refractivity contribution in [3.63, 3.8) is 0 Å². The number of carboxylic acids is 1. The van der Waals surface area contributed by atoms with Gasteiger partial charge < -0.3 is 5.11 Å². The Morgan fingerprint density at radius 3 is 2.44 bits per heavy atom. The second-order valence-corrected chi connectivity index (χ2v) is 6.92. The first-order valence-corrected chi connectivity index (χ1v) is 7.68. The van der Waals surface area contributed by atoms with Gasteiger partial charge in [0.05, 0.1) is 16.9 Å². The molecule has 1 unspecified atom stereocenters. The maximum atomic E-state index is 11.4. The number of hydrogen-bond donors (Lipinski definition) is 1. The van der Waals surface area contributed by atoms with Crippen LogP contribution in [-0.2, 0) is 14.6 Å². The summed E-state index contributed by atoms with van der Waals surface area (Å²) in [6.07, 6.45) is 4.78. The molecule has 1 fully saturated rings. The Labute approximate surface area is 97.0 Å². The van der Waals surface area contributed by atoms with E-state index in [4.69, 9.17) is 0 Å². The van der Waals surface area contributed by atoms with Crippen molar-refractivity contribution in [2.75, 3.05) is 11.5 Å². The average Bonchev–Trinajstić information content (AvgIpc) is 2.51. The Morgan fingerprint density at radius 2 is 2.00 bits per heavy atom. The Bertz CT molecular complexity index is 347. The van der Waals surface area contributed by atoms with Crippen LogP contribution in [0.4, 0.5) is 0 Å². The van der Waals surface area contributed by atoms with Gasteiger partial charge in [0, 0.05) is 0 Å². The monoisotopic (exact) mass is 248 g/mol. The van der Waals surface area contributed by atoms with Gasteiger partial charge in [0.15, 0.2) is 9.84 Å². The highest BCUT2D eigenvalue weighted by molar-refractivity contribution is 7.91. The SMILES string of the molecule is CCCCCCC1(C(=O)O)CCS(=O)(=O)C1. The summed E-state index contributed by atoms with van der Waals surface area (Å²) in [6, 6.07) is 0. The van der Waals surface area contributed by atoms with Gasteiger partial charge in [-0.15, -0.1) is 0 Å². The molecule has 1 saturated heterocycles. The summed E-state index contributed by atoms with van der Waals surface area (Å²) in [4.78, 5) is 11.2. The molecule has 5 heteroatoms. The summed E-state index contributed by atoms with van der Waals surface area (Å²) in [6.45, 7) is 2.09. The Kier molecular flexibility index (Phi) is 4.35. The van der Waals surface area contributed by atoms with E-state index in [9.17, 15) is 18.3 Å². The third-order valence-electron chi connectivity index (χ3n) is 3.35. The number of aliphatic carboxylic acids is 1. The molecule has 0 bridgehead atoms. The number of unbranched alkanes of at least 4 members (excludes halogenated alkanes) is 3. The van der Waals surface area contributed by atoms with Crippen molar-refractivity contribution in [3.8, 4) is 0 Å². The number of carboxylic acid groups (broad SMARTS) is 1. The molecule has 0 radical (unpaired) electrons. The molecule has 0 spiro atoms. The van der Waals surface area contributed by atoms with Gasteiger partial charge in [0.25, 0.3) is 0 Å². The van der Waals surface area contributed by atoms with Crippen molar-refractivity contribution in [1.29, 1.82) is 0 Å². The summed E-state index contributed by atoms with van der Waals surface area (Å²) >= 11 is 0. The van der Waals surface area contributed by atoms with Crippen LogP contribution in [0.2, 0.25) is 0 Å². The highest BCUT2D eigenvalue weighted by Gasteiger charge is 2.47. The molecule has 94 valence electrons. The number of sulfone groups is 1. The predicted octanol–water partition coefficient (Wildman–Crippen LogP) is 1.85. The van der Waals surface area contributed by atoms with Crippen molar-refractivity contribution in [3.05, 3.63) is 0 Å². The number of hydrogen-bond acceptors (Lipinski definition) is 3. The molecule has 1 rings (SSSR count). The number of rotatable bonds is 6. The molecule has 1 atom stereocenters. The lowest BCUT2D eigenvalue weighted by atomic mass is 9.82. The van der Waals surface area contributed by atoms with Crippen LogP contribution in [0.1, 0.15) is 45.4 Å². The van der Waals surface area contributed by atoms with Crippen molar-refractivity contribution in [1.82, 2.24) is 0 Å². The van der Waals surface area contributed by atoms with Gasteiger partial charge in [-0.3, -0.25) is 4.79 Å². The van der Waals surface area contributed by atoms with E-state index in [1.54, 1.807) is 0 Å². The first-order chi connectivity index (χ1) is 7.42. The molecule has 4 nitrogen and oxygen atoms in total. The van der Waals surface area contributed by atoms with Crippen LogP contribution in [0, 0.1) is 5.41 Å². The lowest BCUT2D eigenvalue weighted by Gasteiger charge is -2.21. The van der Waals surface area contributed by atoms with E-state index in [-0.39, 0.29) is 17.9 Å². The minimum Gasteiger partial charge on any atom is -0.481 e. The summed E-state index contributed by atoms with van der Waals surface area (Å²) in [5, 5.41) is 9.19. The molecule has 1 heterocycles. The third kappa shape index (κ3) is 3.20. The molecular formula is C11H20O4S. The van der Waals surface area contributed by atoms with Crippen LogP contribution in [0.15, 0.2) is 0 Å². The first kappa shape index (κ1) is 13.5. The van der Waals surface area contributed by atoms with Crippen molar-refractivity contribution < 1.29 is 18.3 Å². The van der Waals surface area contributed by atoms with E-state index in [1.165, 1.54) is 0 Å². The van der Waals surface area contributed by atoms with E-state index in [0.29, 0.717) is 6.42 Å². The molecule has 0 amide bonds. The van der Waals surface area contributed by atoms with E-state index in [2.05, 4.69) is 6.92 Å². The predicted molar refractivity (Wildman–Crippen MR) is 62.1 cm³/mol. The van der Waals surface area contributed by atoms with E-state index in [1.807, 2.05) is 0 Å². The molecule has 0 aromatic carbocycles. The van der Waals surface area contributed by atoms with Crippen LogP contribution in [0.25, 0.3) is 0 Å². The van der Waals surface area contributed by atoms with E-state index in [0.717, 1.165) is 25.7 Å². The Balaban J connectivity index is 2.59. The highest BCUT2D eigenvalue weighted by atomic mass is 32.2. The maximum Gasteiger partial charge on any atom is 0.310 e. The smallest absolute Gasteiger partial charge is 0.310 e. The largest absolute Gasteiger partial charge is 0.481 e. The standard InChI is InChI=1S/C11H20O4S/c1-2-3-4-5-6-11(10(12)13)7-8-16(14,15)9-11/h2-9H2,1H3,(H,12,13). The molecule has 0 aliphatic carbocycles. The zero-order valence-corrected chi connectivity index (χ0v) is 10.6. The maximum absolute atomic E-state index is 11.4. The fraction of sp³-hybridized carbons (Fsp3) is 0.909. The van der Waals surface area contributed by atoms with Crippen LogP contribution in [0.3, 0.4) is 0 Å². The summed E-state index contributed by atoms with van der Waals surface area (Å²) in [5.74, 6) is -1.07. The topological polar surface area (TPSA) is 71.4 Å². The molecule has 0 aromatic rings. The van der Waals surface area contributed by atoms with Crippen LogP contribution in [-0.4, -0.2) is 31.0 Å². The minimum atomic E-state index is -3.12. The minimum absolute atomic E-state index is 0.0348. The van der Waals surface area contributed by atoms with Gasteiger partial charge in [-0.1, -0.05) is 32.6 Å². The molecule has 1 aliphatic heterocycles. The van der Waals surface area contributed by atoms with Gasteiger partial charge in [-0.2, -0.15) is 0 Å². The third-order valence-corrected chi connectivity index (χ3v) is 5.17. The molecule has 0 saturated carbocycles. The fourth-order valence-corrected chi connectivity index (χ4v) is 4.38. The molecule has 0 aromatic heterocycles. The Morgan fingerprint density at radius 1 is 1.31 bits per heavy atom. The summed E-state index contributed by atoms with van der Waals surface area (Å²) in [5.41, 5.74) is -0.993. The molecule has 1 N–H and O–H groups in total. The summed E-state index contributed by atoms with van der Waals surface area (Å²) < 4.78 is 22.8. The van der Waals surface area contributed by atoms with Crippen LogP contribution >= 0.6 is 0 Å². The molecule has 1 aliphatic rings. The van der Waals surface area contributed by atoms with E-state index < -0.39 is 21.2 Å². The first-order valence-electron chi connectivity index (χ1n) is 5.86. The lowest BCUT2D eigenvalue weighted by molar-refractivity contribution is -0.147. The van der Waals surface area contributed by atoms with Gasteiger partial charge in [-0.05, 0) is 12.8 Å². The van der Waals surface area contributed by atoms with Crippen LogP contribution < -0.4 is 0 Å². The van der Waals surface area contributed by atoms with Crippen LogP contribution in [0.5, 0.6) is 0 Å². The zero-order valence-electron chi connectivity index (χ0n) is 9.74.